The molecule has 1 amide bonds. The molecule has 0 N–H and O–H groups in total. The number of rotatable bonds is 6. The molecular formula is C32H32N4O3. The highest BCUT2D eigenvalue weighted by molar-refractivity contribution is 5.89. The number of ether oxygens (including phenoxy) is 1. The van der Waals surface area contributed by atoms with Crippen molar-refractivity contribution in [2.24, 2.45) is 7.05 Å². The largest absolute Gasteiger partial charge is 0.492 e. The molecule has 0 unspecified atom stereocenters. The first kappa shape index (κ1) is 25.1. The average Bonchev–Trinajstić information content (AvgIpc) is 3.45. The smallest absolute Gasteiger partial charge is 0.254 e. The van der Waals surface area contributed by atoms with Crippen molar-refractivity contribution in [2.75, 3.05) is 33.3 Å². The summed E-state index contributed by atoms with van der Waals surface area (Å²) in [7, 11) is 3.67. The van der Waals surface area contributed by atoms with E-state index in [1.165, 1.54) is 0 Å². The van der Waals surface area contributed by atoms with Crippen LogP contribution in [0.25, 0.3) is 39.4 Å². The highest BCUT2D eigenvalue weighted by Gasteiger charge is 2.28. The maximum absolute atomic E-state index is 12.5. The van der Waals surface area contributed by atoms with E-state index in [2.05, 4.69) is 35.3 Å². The summed E-state index contributed by atoms with van der Waals surface area (Å²) in [4.78, 5) is 33.5. The summed E-state index contributed by atoms with van der Waals surface area (Å²) in [5.74, 6) is 0.966. The maximum Gasteiger partial charge on any atom is 0.254 e. The number of allylic oxidation sites excluding steroid dienone is 1. The van der Waals surface area contributed by atoms with Crippen molar-refractivity contribution in [1.82, 2.24) is 19.4 Å². The van der Waals surface area contributed by atoms with Crippen molar-refractivity contribution in [3.63, 3.8) is 0 Å². The van der Waals surface area contributed by atoms with E-state index in [0.29, 0.717) is 13.0 Å². The lowest BCUT2D eigenvalue weighted by Crippen LogP contribution is -2.55. The van der Waals surface area contributed by atoms with E-state index in [9.17, 15) is 9.59 Å². The molecule has 1 aliphatic heterocycles. The van der Waals surface area contributed by atoms with Crippen LogP contribution in [0.4, 0.5) is 0 Å². The molecule has 7 heteroatoms. The normalized spacial score (nSPS) is 17.2. The Balaban J connectivity index is 1.15. The number of fused-ring (bicyclic) bond motifs is 2. The molecule has 2 aliphatic rings. The van der Waals surface area contributed by atoms with Crippen molar-refractivity contribution in [1.29, 1.82) is 0 Å². The van der Waals surface area contributed by atoms with E-state index in [1.807, 2.05) is 63.6 Å². The van der Waals surface area contributed by atoms with Gasteiger partial charge in [-0.3, -0.25) is 14.5 Å². The molecule has 1 saturated heterocycles. The highest BCUT2D eigenvalue weighted by Crippen LogP contribution is 2.32. The Morgan fingerprint density at radius 3 is 2.59 bits per heavy atom. The molecule has 198 valence electrons. The Morgan fingerprint density at radius 2 is 1.77 bits per heavy atom. The van der Waals surface area contributed by atoms with Gasteiger partial charge in [0.2, 0.25) is 5.91 Å². The third-order valence-electron chi connectivity index (χ3n) is 7.92. The molecule has 0 saturated carbocycles. The van der Waals surface area contributed by atoms with Gasteiger partial charge in [-0.25, -0.2) is 4.98 Å². The SMILES string of the molecule is C[C@H]1C(=O)N(C)CCN1CCOc1ccc(-c2ccc3cc(-c4cn(C)c(=O)c5c4C=CC5)ccc3n2)cc1. The van der Waals surface area contributed by atoms with E-state index < -0.39 is 0 Å². The zero-order valence-electron chi connectivity index (χ0n) is 22.6. The number of aryl methyl sites for hydroxylation is 1. The van der Waals surface area contributed by atoms with Crippen LogP contribution in [0.3, 0.4) is 0 Å². The van der Waals surface area contributed by atoms with Crippen LogP contribution in [-0.4, -0.2) is 64.6 Å². The van der Waals surface area contributed by atoms with Gasteiger partial charge in [-0.1, -0.05) is 24.3 Å². The monoisotopic (exact) mass is 520 g/mol. The average molecular weight is 521 g/mol. The van der Waals surface area contributed by atoms with Crippen molar-refractivity contribution < 1.29 is 9.53 Å². The van der Waals surface area contributed by atoms with Gasteiger partial charge in [-0.05, 0) is 66.9 Å². The fourth-order valence-corrected chi connectivity index (χ4v) is 5.54. The summed E-state index contributed by atoms with van der Waals surface area (Å²) in [5.41, 5.74) is 6.94. The van der Waals surface area contributed by atoms with Gasteiger partial charge < -0.3 is 14.2 Å². The van der Waals surface area contributed by atoms with Crippen LogP contribution in [0.2, 0.25) is 0 Å². The molecule has 1 atom stereocenters. The number of pyridine rings is 2. The number of amides is 1. The van der Waals surface area contributed by atoms with Gasteiger partial charge in [0.15, 0.2) is 0 Å². The Bertz CT molecular complexity index is 1660. The van der Waals surface area contributed by atoms with Crippen LogP contribution in [0.1, 0.15) is 18.1 Å². The third kappa shape index (κ3) is 4.74. The predicted molar refractivity (Wildman–Crippen MR) is 155 cm³/mol. The minimum absolute atomic E-state index is 0.0726. The van der Waals surface area contributed by atoms with Crippen LogP contribution in [0.15, 0.2) is 71.7 Å². The van der Waals surface area contributed by atoms with Crippen molar-refractivity contribution in [2.45, 2.75) is 19.4 Å². The number of carbonyl (C=O) groups excluding carboxylic acids is 1. The molecule has 2 aromatic carbocycles. The minimum atomic E-state index is -0.108. The number of nitrogens with zero attached hydrogens (tertiary/aromatic N) is 4. The molecule has 1 aliphatic carbocycles. The van der Waals surface area contributed by atoms with Gasteiger partial charge in [0, 0.05) is 62.0 Å². The number of carbonyl (C=O) groups is 1. The van der Waals surface area contributed by atoms with Crippen molar-refractivity contribution in [3.05, 3.63) is 88.4 Å². The molecule has 7 nitrogen and oxygen atoms in total. The fraction of sp³-hybridized carbons (Fsp3) is 0.281. The third-order valence-corrected chi connectivity index (χ3v) is 7.92. The summed E-state index contributed by atoms with van der Waals surface area (Å²) in [6.45, 7) is 4.83. The summed E-state index contributed by atoms with van der Waals surface area (Å²) in [5, 5.41) is 1.05. The first-order valence-electron chi connectivity index (χ1n) is 13.4. The number of likely N-dealkylation sites (N-methyl/N-ethyl adjacent to an activating group) is 1. The Morgan fingerprint density at radius 1 is 0.974 bits per heavy atom. The number of aromatic nitrogens is 2. The molecule has 6 rings (SSSR count). The Hall–Kier alpha value is -4.23. The van der Waals surface area contributed by atoms with Crippen LogP contribution < -0.4 is 10.3 Å². The second-order valence-corrected chi connectivity index (χ2v) is 10.4. The molecule has 0 radical (unpaired) electrons. The van der Waals surface area contributed by atoms with Gasteiger partial charge in [-0.15, -0.1) is 0 Å². The lowest BCUT2D eigenvalue weighted by molar-refractivity contribution is -0.139. The lowest BCUT2D eigenvalue weighted by Gasteiger charge is -2.37. The highest BCUT2D eigenvalue weighted by atomic mass is 16.5. The number of hydrogen-bond donors (Lipinski definition) is 0. The van der Waals surface area contributed by atoms with E-state index >= 15 is 0 Å². The molecule has 1 fully saturated rings. The second kappa shape index (κ2) is 10.2. The first-order valence-corrected chi connectivity index (χ1v) is 13.4. The summed E-state index contributed by atoms with van der Waals surface area (Å²) < 4.78 is 7.64. The molecular weight excluding hydrogens is 488 g/mol. The molecule has 0 spiro atoms. The van der Waals surface area contributed by atoms with E-state index in [0.717, 1.165) is 69.8 Å². The first-order chi connectivity index (χ1) is 18.9. The molecule has 0 bridgehead atoms. The predicted octanol–water partition coefficient (Wildman–Crippen LogP) is 4.38. The summed E-state index contributed by atoms with van der Waals surface area (Å²) in [6.07, 6.45) is 6.72. The summed E-state index contributed by atoms with van der Waals surface area (Å²) >= 11 is 0. The maximum atomic E-state index is 12.5. The number of hydrogen-bond acceptors (Lipinski definition) is 5. The summed E-state index contributed by atoms with van der Waals surface area (Å²) in [6, 6.07) is 18.3. The van der Waals surface area contributed by atoms with Gasteiger partial charge in [0.25, 0.3) is 5.56 Å². The van der Waals surface area contributed by atoms with Gasteiger partial charge in [0.05, 0.1) is 17.3 Å². The fourth-order valence-electron chi connectivity index (χ4n) is 5.54. The Labute approximate surface area is 228 Å². The zero-order chi connectivity index (χ0) is 27.1. The van der Waals surface area contributed by atoms with Crippen molar-refractivity contribution in [3.8, 4) is 28.1 Å². The Kier molecular flexibility index (Phi) is 6.53. The van der Waals surface area contributed by atoms with Crippen molar-refractivity contribution >= 4 is 22.9 Å². The standard InChI is InChI=1S/C32H32N4O3/c1-21-31(37)34(2)15-16-36(21)17-18-39-25-11-7-22(8-12-25)29-14-10-24-19-23(9-13-30(24)33-29)28-20-35(3)32(38)27-6-4-5-26(27)28/h4-5,7-14,19-21H,6,15-18H2,1-3H3/t21-/m0/s1. The molecule has 2 aromatic heterocycles. The second-order valence-electron chi connectivity index (χ2n) is 10.4. The quantitative estimate of drug-likeness (QED) is 0.378. The van der Waals surface area contributed by atoms with E-state index in [4.69, 9.17) is 9.72 Å². The van der Waals surface area contributed by atoms with Gasteiger partial charge in [0.1, 0.15) is 12.4 Å². The molecule has 4 aromatic rings. The molecule has 39 heavy (non-hydrogen) atoms. The molecule has 3 heterocycles. The number of piperazine rings is 1. The van der Waals surface area contributed by atoms with Crippen LogP contribution >= 0.6 is 0 Å². The number of benzene rings is 2. The van der Waals surface area contributed by atoms with E-state index in [1.54, 1.807) is 9.47 Å². The van der Waals surface area contributed by atoms with Gasteiger partial charge >= 0.3 is 0 Å². The van der Waals surface area contributed by atoms with Gasteiger partial charge in [-0.2, -0.15) is 0 Å². The topological polar surface area (TPSA) is 67.7 Å². The van der Waals surface area contributed by atoms with Crippen LogP contribution in [0.5, 0.6) is 5.75 Å². The lowest BCUT2D eigenvalue weighted by atomic mass is 9.98. The van der Waals surface area contributed by atoms with Crippen LogP contribution in [-0.2, 0) is 18.3 Å². The van der Waals surface area contributed by atoms with E-state index in [-0.39, 0.29) is 17.5 Å². The minimum Gasteiger partial charge on any atom is -0.492 e. The van der Waals surface area contributed by atoms with Crippen LogP contribution in [0, 0.1) is 0 Å². The zero-order valence-corrected chi connectivity index (χ0v) is 22.6.